The molecule has 1 rings (SSSR count). The zero-order valence-corrected chi connectivity index (χ0v) is 9.07. The summed E-state index contributed by atoms with van der Waals surface area (Å²) in [6.07, 6.45) is 3.44. The van der Waals surface area contributed by atoms with Crippen LogP contribution in [-0.4, -0.2) is 43.0 Å². The number of ether oxygens (including phenoxy) is 1. The van der Waals surface area contributed by atoms with Gasteiger partial charge in [-0.2, -0.15) is 0 Å². The largest absolute Gasteiger partial charge is 0.469 e. The number of piperidine rings is 1. The smallest absolute Gasteiger partial charge is 0.307 e. The fourth-order valence-corrected chi connectivity index (χ4v) is 1.98. The van der Waals surface area contributed by atoms with E-state index in [1.165, 1.54) is 7.11 Å². The Hall–Kier alpha value is -1.10. The highest BCUT2D eigenvalue weighted by Gasteiger charge is 2.25. The summed E-state index contributed by atoms with van der Waals surface area (Å²) >= 11 is 0. The van der Waals surface area contributed by atoms with Crippen LogP contribution in [0.4, 0.5) is 0 Å². The maximum Gasteiger partial charge on any atom is 0.307 e. The molecule has 0 spiro atoms. The van der Waals surface area contributed by atoms with Crippen LogP contribution in [0, 0.1) is 0 Å². The number of hydrogen-bond donors (Lipinski definition) is 1. The first-order chi connectivity index (χ1) is 7.13. The molecule has 1 heterocycles. The Labute approximate surface area is 89.6 Å². The van der Waals surface area contributed by atoms with Gasteiger partial charge in [-0.15, -0.1) is 0 Å². The molecule has 0 aromatic heterocycles. The van der Waals surface area contributed by atoms with E-state index < -0.39 is 0 Å². The van der Waals surface area contributed by atoms with Gasteiger partial charge < -0.3 is 10.5 Å². The van der Waals surface area contributed by atoms with Gasteiger partial charge in [0, 0.05) is 6.04 Å². The summed E-state index contributed by atoms with van der Waals surface area (Å²) in [4.78, 5) is 24.0. The van der Waals surface area contributed by atoms with Crippen LogP contribution >= 0.6 is 0 Å². The molecule has 0 unspecified atom stereocenters. The van der Waals surface area contributed by atoms with Crippen LogP contribution in [0.5, 0.6) is 0 Å². The minimum atomic E-state index is -0.341. The van der Waals surface area contributed by atoms with Crippen LogP contribution in [0.2, 0.25) is 0 Å². The van der Waals surface area contributed by atoms with Crippen LogP contribution in [0.1, 0.15) is 25.7 Å². The average Bonchev–Trinajstić information content (AvgIpc) is 2.20. The lowest BCUT2D eigenvalue weighted by molar-refractivity contribution is -0.142. The van der Waals surface area contributed by atoms with E-state index in [1.54, 1.807) is 0 Å². The minimum Gasteiger partial charge on any atom is -0.469 e. The monoisotopic (exact) mass is 214 g/mol. The van der Waals surface area contributed by atoms with Gasteiger partial charge in [0.1, 0.15) is 0 Å². The second-order valence-electron chi connectivity index (χ2n) is 3.87. The molecule has 86 valence electrons. The molecule has 1 atom stereocenters. The quantitative estimate of drug-likeness (QED) is 0.663. The normalized spacial score (nSPS) is 22.3. The topological polar surface area (TPSA) is 72.6 Å². The Bertz CT molecular complexity index is 243. The maximum atomic E-state index is 11.1. The van der Waals surface area contributed by atoms with Gasteiger partial charge in [0.15, 0.2) is 0 Å². The third-order valence-corrected chi connectivity index (χ3v) is 2.74. The molecule has 15 heavy (non-hydrogen) atoms. The van der Waals surface area contributed by atoms with E-state index in [0.29, 0.717) is 6.42 Å². The van der Waals surface area contributed by atoms with Crippen molar-refractivity contribution in [2.24, 2.45) is 5.73 Å². The van der Waals surface area contributed by atoms with Crippen molar-refractivity contribution in [3.05, 3.63) is 0 Å². The van der Waals surface area contributed by atoms with E-state index in [9.17, 15) is 9.59 Å². The summed E-state index contributed by atoms with van der Waals surface area (Å²) in [6.45, 7) is 1.08. The molecule has 0 bridgehead atoms. The Morgan fingerprint density at radius 3 is 2.80 bits per heavy atom. The van der Waals surface area contributed by atoms with Gasteiger partial charge in [-0.25, -0.2) is 0 Å². The predicted octanol–water partition coefficient (Wildman–Crippen LogP) is -0.111. The van der Waals surface area contributed by atoms with Gasteiger partial charge in [0.05, 0.1) is 20.1 Å². The van der Waals surface area contributed by atoms with Gasteiger partial charge >= 0.3 is 5.97 Å². The van der Waals surface area contributed by atoms with E-state index >= 15 is 0 Å². The molecule has 0 aromatic rings. The van der Waals surface area contributed by atoms with Gasteiger partial charge in [-0.3, -0.25) is 14.5 Å². The standard InChI is InChI=1S/C10H18N2O3/c1-15-10(14)6-8-4-2-3-5-12(8)7-9(11)13/h8H,2-7H2,1H3,(H2,11,13)/t8-/m0/s1. The molecule has 1 aliphatic rings. The number of hydrogen-bond acceptors (Lipinski definition) is 4. The van der Waals surface area contributed by atoms with Crippen molar-refractivity contribution in [3.63, 3.8) is 0 Å². The Morgan fingerprint density at radius 1 is 1.47 bits per heavy atom. The Balaban J connectivity index is 2.49. The number of carbonyl (C=O) groups is 2. The first-order valence-corrected chi connectivity index (χ1v) is 5.22. The van der Waals surface area contributed by atoms with Crippen molar-refractivity contribution in [1.82, 2.24) is 4.90 Å². The molecular weight excluding hydrogens is 196 g/mol. The van der Waals surface area contributed by atoms with Gasteiger partial charge in [-0.1, -0.05) is 6.42 Å². The third-order valence-electron chi connectivity index (χ3n) is 2.74. The zero-order valence-electron chi connectivity index (χ0n) is 9.07. The van der Waals surface area contributed by atoms with Crippen LogP contribution in [0.25, 0.3) is 0 Å². The molecule has 0 aromatic carbocycles. The molecule has 2 N–H and O–H groups in total. The second-order valence-corrected chi connectivity index (χ2v) is 3.87. The lowest BCUT2D eigenvalue weighted by Gasteiger charge is -2.34. The number of primary amides is 1. The SMILES string of the molecule is COC(=O)C[C@@H]1CCCCN1CC(N)=O. The second kappa shape index (κ2) is 5.70. The summed E-state index contributed by atoms with van der Waals surface area (Å²) in [5.74, 6) is -0.567. The van der Waals surface area contributed by atoms with Crippen molar-refractivity contribution in [3.8, 4) is 0 Å². The van der Waals surface area contributed by atoms with Crippen molar-refractivity contribution in [2.75, 3.05) is 20.2 Å². The number of rotatable bonds is 4. The fraction of sp³-hybridized carbons (Fsp3) is 0.800. The third kappa shape index (κ3) is 3.87. The van der Waals surface area contributed by atoms with E-state index in [4.69, 9.17) is 5.73 Å². The number of methoxy groups -OCH3 is 1. The number of esters is 1. The molecule has 1 amide bonds. The number of nitrogens with two attached hydrogens (primary N) is 1. The molecule has 1 saturated heterocycles. The number of likely N-dealkylation sites (tertiary alicyclic amines) is 1. The van der Waals surface area contributed by atoms with E-state index in [0.717, 1.165) is 25.8 Å². The lowest BCUT2D eigenvalue weighted by Crippen LogP contribution is -2.45. The predicted molar refractivity (Wildman–Crippen MR) is 55.0 cm³/mol. The van der Waals surface area contributed by atoms with Crippen molar-refractivity contribution < 1.29 is 14.3 Å². The molecule has 0 saturated carbocycles. The summed E-state index contributed by atoms with van der Waals surface area (Å²) in [7, 11) is 1.38. The minimum absolute atomic E-state index is 0.110. The molecule has 5 heteroatoms. The Kier molecular flexibility index (Phi) is 4.55. The fourth-order valence-electron chi connectivity index (χ4n) is 1.98. The van der Waals surface area contributed by atoms with Crippen LogP contribution in [0.15, 0.2) is 0 Å². The van der Waals surface area contributed by atoms with E-state index in [2.05, 4.69) is 4.74 Å². The molecule has 1 fully saturated rings. The number of carbonyl (C=O) groups excluding carboxylic acids is 2. The first kappa shape index (κ1) is 12.0. The zero-order chi connectivity index (χ0) is 11.3. The summed E-state index contributed by atoms with van der Waals surface area (Å²) in [5.41, 5.74) is 5.15. The lowest BCUT2D eigenvalue weighted by atomic mass is 9.99. The number of nitrogens with zero attached hydrogens (tertiary/aromatic N) is 1. The molecule has 1 aliphatic heterocycles. The molecule has 0 aliphatic carbocycles. The van der Waals surface area contributed by atoms with Crippen LogP contribution in [0.3, 0.4) is 0 Å². The van der Waals surface area contributed by atoms with E-state index in [1.807, 2.05) is 4.90 Å². The summed E-state index contributed by atoms with van der Waals surface area (Å²) in [6, 6.07) is 0.110. The highest BCUT2D eigenvalue weighted by Crippen LogP contribution is 2.19. The van der Waals surface area contributed by atoms with Crippen molar-refractivity contribution >= 4 is 11.9 Å². The van der Waals surface area contributed by atoms with Crippen molar-refractivity contribution in [2.45, 2.75) is 31.7 Å². The summed E-state index contributed by atoms with van der Waals surface area (Å²) in [5, 5.41) is 0. The van der Waals surface area contributed by atoms with Crippen molar-refractivity contribution in [1.29, 1.82) is 0 Å². The first-order valence-electron chi connectivity index (χ1n) is 5.22. The van der Waals surface area contributed by atoms with Gasteiger partial charge in [0.2, 0.25) is 5.91 Å². The molecule has 5 nitrogen and oxygen atoms in total. The Morgan fingerprint density at radius 2 is 2.20 bits per heavy atom. The molecular formula is C10H18N2O3. The van der Waals surface area contributed by atoms with E-state index in [-0.39, 0.29) is 24.5 Å². The van der Waals surface area contributed by atoms with Crippen LogP contribution in [-0.2, 0) is 14.3 Å². The number of amides is 1. The highest BCUT2D eigenvalue weighted by molar-refractivity contribution is 5.76. The van der Waals surface area contributed by atoms with Gasteiger partial charge in [0.25, 0.3) is 0 Å². The average molecular weight is 214 g/mol. The maximum absolute atomic E-state index is 11.1. The summed E-state index contributed by atoms with van der Waals surface area (Å²) < 4.78 is 4.62. The molecule has 0 radical (unpaired) electrons. The van der Waals surface area contributed by atoms with Gasteiger partial charge in [-0.05, 0) is 19.4 Å². The van der Waals surface area contributed by atoms with Crippen LogP contribution < -0.4 is 5.73 Å². The highest BCUT2D eigenvalue weighted by atomic mass is 16.5.